The number of carbonyl (C=O) groups is 1. The molecule has 0 aliphatic rings. The largest absolute Gasteiger partial charge is 0.486 e. The van der Waals surface area contributed by atoms with Crippen molar-refractivity contribution in [2.75, 3.05) is 0 Å². The molecule has 0 amide bonds. The summed E-state index contributed by atoms with van der Waals surface area (Å²) in [6, 6.07) is 9.46. The average Bonchev–Trinajstić information content (AvgIpc) is 2.40. The Bertz CT molecular complexity index is 650. The molecule has 2 aromatic rings. The summed E-state index contributed by atoms with van der Waals surface area (Å²) in [5.41, 5.74) is 2.78. The number of aryl methyl sites for hydroxylation is 2. The van der Waals surface area contributed by atoms with Gasteiger partial charge in [-0.2, -0.15) is 0 Å². The molecule has 0 heterocycles. The summed E-state index contributed by atoms with van der Waals surface area (Å²) >= 11 is 0. The molecule has 0 aromatic heterocycles. The Morgan fingerprint density at radius 1 is 1.20 bits per heavy atom. The first kappa shape index (κ1) is 14.1. The van der Waals surface area contributed by atoms with Gasteiger partial charge in [-0.25, -0.2) is 9.18 Å². The van der Waals surface area contributed by atoms with E-state index in [0.717, 1.165) is 16.7 Å². The van der Waals surface area contributed by atoms with E-state index in [0.29, 0.717) is 0 Å². The Hall–Kier alpha value is -2.36. The molecular weight excluding hydrogens is 259 g/mol. The number of ether oxygens (including phenoxy) is 1. The van der Waals surface area contributed by atoms with E-state index in [9.17, 15) is 9.18 Å². The molecule has 1 N–H and O–H groups in total. The van der Waals surface area contributed by atoms with Crippen molar-refractivity contribution >= 4 is 5.97 Å². The molecule has 104 valence electrons. The van der Waals surface area contributed by atoms with Gasteiger partial charge in [0.25, 0.3) is 0 Å². The van der Waals surface area contributed by atoms with Crippen molar-refractivity contribution in [3.63, 3.8) is 0 Å². The number of benzene rings is 2. The number of hydrogen-bond donors (Lipinski definition) is 1. The molecule has 2 aromatic carbocycles. The molecule has 3 nitrogen and oxygen atoms in total. The summed E-state index contributed by atoms with van der Waals surface area (Å²) in [6.45, 7) is 3.86. The summed E-state index contributed by atoms with van der Waals surface area (Å²) in [5.74, 6) is -1.17. The minimum absolute atomic E-state index is 0.201. The van der Waals surface area contributed by atoms with Gasteiger partial charge in [0, 0.05) is 0 Å². The van der Waals surface area contributed by atoms with Crippen LogP contribution in [0, 0.1) is 19.7 Å². The number of rotatable bonds is 4. The lowest BCUT2D eigenvalue weighted by Gasteiger charge is -2.10. The van der Waals surface area contributed by atoms with Crippen LogP contribution in [0.3, 0.4) is 0 Å². The molecule has 0 saturated carbocycles. The molecule has 0 atom stereocenters. The third kappa shape index (κ3) is 3.15. The average molecular weight is 274 g/mol. The molecule has 0 saturated heterocycles. The summed E-state index contributed by atoms with van der Waals surface area (Å²) in [6.07, 6.45) is 0. The lowest BCUT2D eigenvalue weighted by atomic mass is 10.1. The Labute approximate surface area is 116 Å². The number of carboxylic acids is 1. The van der Waals surface area contributed by atoms with Crippen molar-refractivity contribution < 1.29 is 19.0 Å². The molecule has 0 radical (unpaired) electrons. The van der Waals surface area contributed by atoms with Gasteiger partial charge < -0.3 is 9.84 Å². The van der Waals surface area contributed by atoms with Crippen molar-refractivity contribution in [3.05, 3.63) is 64.5 Å². The Morgan fingerprint density at radius 3 is 2.60 bits per heavy atom. The van der Waals surface area contributed by atoms with Crippen molar-refractivity contribution in [2.45, 2.75) is 20.5 Å². The third-order valence-electron chi connectivity index (χ3n) is 3.06. The molecular formula is C16H15FO3. The van der Waals surface area contributed by atoms with E-state index in [1.165, 1.54) is 12.1 Å². The first-order chi connectivity index (χ1) is 9.47. The quantitative estimate of drug-likeness (QED) is 0.924. The van der Waals surface area contributed by atoms with Crippen LogP contribution in [0.4, 0.5) is 4.39 Å². The minimum atomic E-state index is -0.967. The lowest BCUT2D eigenvalue weighted by molar-refractivity contribution is 0.0696. The summed E-state index contributed by atoms with van der Waals surface area (Å²) in [7, 11) is 0. The Kier molecular flexibility index (Phi) is 4.03. The zero-order chi connectivity index (χ0) is 14.7. The summed E-state index contributed by atoms with van der Waals surface area (Å²) in [5, 5.41) is 8.89. The monoisotopic (exact) mass is 274 g/mol. The molecule has 0 fully saturated rings. The van der Waals surface area contributed by atoms with Gasteiger partial charge in [0.05, 0.1) is 5.56 Å². The van der Waals surface area contributed by atoms with E-state index in [1.54, 1.807) is 31.2 Å². The van der Waals surface area contributed by atoms with Crippen LogP contribution in [0.15, 0.2) is 36.4 Å². The maximum atomic E-state index is 13.5. The van der Waals surface area contributed by atoms with Crippen LogP contribution in [-0.2, 0) is 6.61 Å². The predicted octanol–water partition coefficient (Wildman–Crippen LogP) is 3.72. The zero-order valence-electron chi connectivity index (χ0n) is 11.3. The highest BCUT2D eigenvalue weighted by molar-refractivity contribution is 5.87. The van der Waals surface area contributed by atoms with Crippen molar-refractivity contribution in [1.82, 2.24) is 0 Å². The number of halogens is 1. The SMILES string of the molecule is Cc1ccc(F)c(OCc2ccc(C(=O)O)cc2C)c1. The normalized spacial score (nSPS) is 10.3. The van der Waals surface area contributed by atoms with E-state index in [-0.39, 0.29) is 17.9 Å². The highest BCUT2D eigenvalue weighted by Crippen LogP contribution is 2.21. The van der Waals surface area contributed by atoms with Gasteiger partial charge in [-0.15, -0.1) is 0 Å². The number of aromatic carboxylic acids is 1. The second kappa shape index (κ2) is 5.74. The maximum absolute atomic E-state index is 13.5. The highest BCUT2D eigenvalue weighted by Gasteiger charge is 2.08. The molecule has 0 aliphatic carbocycles. The molecule has 0 bridgehead atoms. The van der Waals surface area contributed by atoms with Gasteiger partial charge in [0.15, 0.2) is 11.6 Å². The first-order valence-corrected chi connectivity index (χ1v) is 6.19. The van der Waals surface area contributed by atoms with Gasteiger partial charge in [-0.3, -0.25) is 0 Å². The fraction of sp³-hybridized carbons (Fsp3) is 0.188. The smallest absolute Gasteiger partial charge is 0.335 e. The molecule has 0 aliphatic heterocycles. The first-order valence-electron chi connectivity index (χ1n) is 6.19. The number of carboxylic acid groups (broad SMARTS) is 1. The maximum Gasteiger partial charge on any atom is 0.335 e. The second-order valence-corrected chi connectivity index (χ2v) is 4.67. The van der Waals surface area contributed by atoms with Gasteiger partial charge in [0.2, 0.25) is 0 Å². The number of hydrogen-bond acceptors (Lipinski definition) is 2. The Balaban J connectivity index is 2.15. The van der Waals surface area contributed by atoms with E-state index >= 15 is 0 Å². The molecule has 2 rings (SSSR count). The molecule has 0 spiro atoms. The van der Waals surface area contributed by atoms with Gasteiger partial charge in [0.1, 0.15) is 6.61 Å². The topological polar surface area (TPSA) is 46.5 Å². The van der Waals surface area contributed by atoms with Gasteiger partial charge in [-0.05, 0) is 54.8 Å². The Morgan fingerprint density at radius 2 is 1.95 bits per heavy atom. The molecule has 20 heavy (non-hydrogen) atoms. The fourth-order valence-corrected chi connectivity index (χ4v) is 1.87. The van der Waals surface area contributed by atoms with E-state index < -0.39 is 11.8 Å². The van der Waals surface area contributed by atoms with E-state index in [1.807, 2.05) is 6.92 Å². The van der Waals surface area contributed by atoms with Crippen LogP contribution < -0.4 is 4.74 Å². The van der Waals surface area contributed by atoms with Crippen LogP contribution in [0.2, 0.25) is 0 Å². The second-order valence-electron chi connectivity index (χ2n) is 4.67. The standard InChI is InChI=1S/C16H15FO3/c1-10-3-6-14(17)15(7-10)20-9-13-5-4-12(16(18)19)8-11(13)2/h3-8H,9H2,1-2H3,(H,18,19). The fourth-order valence-electron chi connectivity index (χ4n) is 1.87. The zero-order valence-corrected chi connectivity index (χ0v) is 11.3. The summed E-state index contributed by atoms with van der Waals surface area (Å²) in [4.78, 5) is 10.8. The highest BCUT2D eigenvalue weighted by atomic mass is 19.1. The van der Waals surface area contributed by atoms with Crippen LogP contribution in [0.1, 0.15) is 27.0 Å². The predicted molar refractivity (Wildman–Crippen MR) is 73.6 cm³/mol. The van der Waals surface area contributed by atoms with Crippen LogP contribution >= 0.6 is 0 Å². The lowest BCUT2D eigenvalue weighted by Crippen LogP contribution is -2.02. The molecule has 4 heteroatoms. The van der Waals surface area contributed by atoms with Gasteiger partial charge >= 0.3 is 5.97 Å². The van der Waals surface area contributed by atoms with Crippen molar-refractivity contribution in [3.8, 4) is 5.75 Å². The van der Waals surface area contributed by atoms with Gasteiger partial charge in [-0.1, -0.05) is 12.1 Å². The van der Waals surface area contributed by atoms with Crippen LogP contribution in [0.25, 0.3) is 0 Å². The van der Waals surface area contributed by atoms with E-state index in [4.69, 9.17) is 9.84 Å². The molecule has 0 unspecified atom stereocenters. The van der Waals surface area contributed by atoms with Crippen molar-refractivity contribution in [1.29, 1.82) is 0 Å². The van der Waals surface area contributed by atoms with Crippen LogP contribution in [0.5, 0.6) is 5.75 Å². The minimum Gasteiger partial charge on any atom is -0.486 e. The summed E-state index contributed by atoms with van der Waals surface area (Å²) < 4.78 is 19.0. The third-order valence-corrected chi connectivity index (χ3v) is 3.06. The van der Waals surface area contributed by atoms with Crippen molar-refractivity contribution in [2.24, 2.45) is 0 Å². The van der Waals surface area contributed by atoms with E-state index in [2.05, 4.69) is 0 Å². The van der Waals surface area contributed by atoms with Crippen LogP contribution in [-0.4, -0.2) is 11.1 Å².